The molecular formula is C22H19NO3. The van der Waals surface area contributed by atoms with E-state index in [4.69, 9.17) is 4.74 Å². The summed E-state index contributed by atoms with van der Waals surface area (Å²) in [7, 11) is 0. The highest BCUT2D eigenvalue weighted by atomic mass is 16.5. The molecule has 0 saturated carbocycles. The van der Waals surface area contributed by atoms with Gasteiger partial charge in [-0.1, -0.05) is 48.5 Å². The molecule has 0 atom stereocenters. The van der Waals surface area contributed by atoms with Crippen LogP contribution in [-0.4, -0.2) is 18.8 Å². The van der Waals surface area contributed by atoms with Crippen LogP contribution in [0.5, 0.6) is 5.75 Å². The number of hydrogen-bond donors (Lipinski definition) is 0. The molecule has 0 aliphatic rings. The third-order valence-corrected chi connectivity index (χ3v) is 3.93. The number of nitrogens with zero attached hydrogens (tertiary/aromatic N) is 1. The molecule has 26 heavy (non-hydrogen) atoms. The first-order chi connectivity index (χ1) is 12.8. The van der Waals surface area contributed by atoms with Gasteiger partial charge in [-0.3, -0.25) is 9.59 Å². The number of amides is 1. The van der Waals surface area contributed by atoms with E-state index in [9.17, 15) is 9.59 Å². The summed E-state index contributed by atoms with van der Waals surface area (Å²) in [6.45, 7) is 0.388. The number of carbonyl (C=O) groups is 2. The molecule has 0 heterocycles. The summed E-state index contributed by atoms with van der Waals surface area (Å²) in [4.78, 5) is 25.2. The second-order valence-electron chi connectivity index (χ2n) is 5.78. The van der Waals surface area contributed by atoms with Crippen molar-refractivity contribution in [1.82, 2.24) is 0 Å². The molecule has 4 heteroatoms. The Labute approximate surface area is 152 Å². The minimum Gasteiger partial charge on any atom is -0.484 e. The molecule has 3 rings (SSSR count). The van der Waals surface area contributed by atoms with Crippen LogP contribution in [0.25, 0.3) is 0 Å². The van der Waals surface area contributed by atoms with Crippen molar-refractivity contribution < 1.29 is 14.3 Å². The molecule has 0 fully saturated rings. The van der Waals surface area contributed by atoms with Gasteiger partial charge >= 0.3 is 0 Å². The zero-order valence-electron chi connectivity index (χ0n) is 14.2. The molecule has 4 nitrogen and oxygen atoms in total. The van der Waals surface area contributed by atoms with E-state index in [-0.39, 0.29) is 12.5 Å². The normalized spacial score (nSPS) is 10.2. The van der Waals surface area contributed by atoms with Crippen LogP contribution in [0.2, 0.25) is 0 Å². The van der Waals surface area contributed by atoms with E-state index in [1.807, 2.05) is 60.7 Å². The van der Waals surface area contributed by atoms with E-state index < -0.39 is 0 Å². The number of ether oxygens (including phenoxy) is 1. The van der Waals surface area contributed by atoms with Crippen molar-refractivity contribution in [2.45, 2.75) is 6.54 Å². The second-order valence-corrected chi connectivity index (χ2v) is 5.78. The van der Waals surface area contributed by atoms with Crippen molar-refractivity contribution in [2.24, 2.45) is 0 Å². The lowest BCUT2D eigenvalue weighted by Gasteiger charge is -2.23. The van der Waals surface area contributed by atoms with Gasteiger partial charge in [0, 0.05) is 11.3 Å². The molecule has 0 unspecified atom stereocenters. The quantitative estimate of drug-likeness (QED) is 0.605. The fraction of sp³-hybridized carbons (Fsp3) is 0.0909. The lowest BCUT2D eigenvalue weighted by Crippen LogP contribution is -2.34. The van der Waals surface area contributed by atoms with Crippen molar-refractivity contribution in [3.63, 3.8) is 0 Å². The Kier molecular flexibility index (Phi) is 5.78. The van der Waals surface area contributed by atoms with Crippen LogP contribution in [0.4, 0.5) is 5.69 Å². The molecule has 0 bridgehead atoms. The smallest absolute Gasteiger partial charge is 0.265 e. The Hall–Kier alpha value is -3.40. The van der Waals surface area contributed by atoms with Crippen LogP contribution in [0.15, 0.2) is 84.9 Å². The van der Waals surface area contributed by atoms with Crippen molar-refractivity contribution in [3.05, 3.63) is 96.1 Å². The van der Waals surface area contributed by atoms with Gasteiger partial charge in [-0.2, -0.15) is 0 Å². The average molecular weight is 345 g/mol. The monoisotopic (exact) mass is 345 g/mol. The highest BCUT2D eigenvalue weighted by Gasteiger charge is 2.16. The second kappa shape index (κ2) is 8.62. The first kappa shape index (κ1) is 17.4. The summed E-state index contributed by atoms with van der Waals surface area (Å²) >= 11 is 0. The zero-order chi connectivity index (χ0) is 18.2. The number of rotatable bonds is 7. The minimum absolute atomic E-state index is 0.0812. The average Bonchev–Trinajstić information content (AvgIpc) is 2.72. The summed E-state index contributed by atoms with van der Waals surface area (Å²) in [5.41, 5.74) is 2.43. The topological polar surface area (TPSA) is 46.6 Å². The van der Waals surface area contributed by atoms with Gasteiger partial charge < -0.3 is 9.64 Å². The number of carbonyl (C=O) groups excluding carboxylic acids is 2. The van der Waals surface area contributed by atoms with E-state index >= 15 is 0 Å². The molecule has 0 aliphatic heterocycles. The van der Waals surface area contributed by atoms with Crippen molar-refractivity contribution in [3.8, 4) is 5.75 Å². The van der Waals surface area contributed by atoms with E-state index in [0.717, 1.165) is 17.5 Å². The van der Waals surface area contributed by atoms with Crippen molar-refractivity contribution >= 4 is 17.9 Å². The molecule has 130 valence electrons. The summed E-state index contributed by atoms with van der Waals surface area (Å²) < 4.78 is 5.60. The Morgan fingerprint density at radius 2 is 1.46 bits per heavy atom. The third kappa shape index (κ3) is 4.57. The highest BCUT2D eigenvalue weighted by Crippen LogP contribution is 2.18. The fourth-order valence-electron chi connectivity index (χ4n) is 2.56. The molecule has 0 radical (unpaired) electrons. The van der Waals surface area contributed by atoms with Gasteiger partial charge in [0.1, 0.15) is 12.0 Å². The van der Waals surface area contributed by atoms with E-state index in [2.05, 4.69) is 0 Å². The van der Waals surface area contributed by atoms with Gasteiger partial charge in [-0.05, 0) is 42.0 Å². The van der Waals surface area contributed by atoms with Crippen LogP contribution in [0.1, 0.15) is 15.9 Å². The molecule has 0 aliphatic carbocycles. The standard InChI is InChI=1S/C22H19NO3/c24-16-19-11-13-21(14-12-19)26-17-22(25)23(20-9-5-2-6-10-20)15-18-7-3-1-4-8-18/h1-14,16H,15,17H2. The molecule has 0 aromatic heterocycles. The first-order valence-corrected chi connectivity index (χ1v) is 8.33. The summed E-state index contributed by atoms with van der Waals surface area (Å²) in [5, 5.41) is 0. The number of para-hydroxylation sites is 1. The number of hydrogen-bond acceptors (Lipinski definition) is 3. The van der Waals surface area contributed by atoms with Crippen molar-refractivity contribution in [2.75, 3.05) is 11.5 Å². The van der Waals surface area contributed by atoms with E-state index in [1.165, 1.54) is 0 Å². The summed E-state index contributed by atoms with van der Waals surface area (Å²) in [5.74, 6) is 0.413. The maximum absolute atomic E-state index is 12.8. The largest absolute Gasteiger partial charge is 0.484 e. The maximum Gasteiger partial charge on any atom is 0.265 e. The lowest BCUT2D eigenvalue weighted by atomic mass is 10.2. The Morgan fingerprint density at radius 3 is 2.08 bits per heavy atom. The molecule has 0 N–H and O–H groups in total. The molecule has 1 amide bonds. The van der Waals surface area contributed by atoms with E-state index in [0.29, 0.717) is 17.9 Å². The Balaban J connectivity index is 1.72. The number of aldehydes is 1. The van der Waals surface area contributed by atoms with Crippen LogP contribution < -0.4 is 9.64 Å². The predicted molar refractivity (Wildman–Crippen MR) is 101 cm³/mol. The lowest BCUT2D eigenvalue weighted by molar-refractivity contribution is -0.120. The SMILES string of the molecule is O=Cc1ccc(OCC(=O)N(Cc2ccccc2)c2ccccc2)cc1. The molecule has 0 saturated heterocycles. The molecule has 3 aromatic carbocycles. The van der Waals surface area contributed by atoms with Crippen LogP contribution in [0, 0.1) is 0 Å². The van der Waals surface area contributed by atoms with Gasteiger partial charge in [0.15, 0.2) is 6.61 Å². The van der Waals surface area contributed by atoms with E-state index in [1.54, 1.807) is 29.2 Å². The van der Waals surface area contributed by atoms with Gasteiger partial charge in [-0.15, -0.1) is 0 Å². The predicted octanol–water partition coefficient (Wildman–Crippen LogP) is 4.11. The van der Waals surface area contributed by atoms with Crippen molar-refractivity contribution in [1.29, 1.82) is 0 Å². The minimum atomic E-state index is -0.139. The van der Waals surface area contributed by atoms with Gasteiger partial charge in [0.25, 0.3) is 5.91 Å². The van der Waals surface area contributed by atoms with Crippen LogP contribution >= 0.6 is 0 Å². The molecule has 3 aromatic rings. The van der Waals surface area contributed by atoms with Crippen LogP contribution in [0.3, 0.4) is 0 Å². The summed E-state index contributed by atoms with van der Waals surface area (Å²) in [6, 6.07) is 26.0. The first-order valence-electron chi connectivity index (χ1n) is 8.33. The molecule has 0 spiro atoms. The number of anilines is 1. The fourth-order valence-corrected chi connectivity index (χ4v) is 2.56. The van der Waals surface area contributed by atoms with Gasteiger partial charge in [-0.25, -0.2) is 0 Å². The Morgan fingerprint density at radius 1 is 0.846 bits per heavy atom. The van der Waals surface area contributed by atoms with Gasteiger partial charge in [0.05, 0.1) is 6.54 Å². The summed E-state index contributed by atoms with van der Waals surface area (Å²) in [6.07, 6.45) is 0.770. The third-order valence-electron chi connectivity index (χ3n) is 3.93. The zero-order valence-corrected chi connectivity index (χ0v) is 14.2. The Bertz CT molecular complexity index is 846. The van der Waals surface area contributed by atoms with Gasteiger partial charge in [0.2, 0.25) is 0 Å². The highest BCUT2D eigenvalue weighted by molar-refractivity contribution is 5.94. The van der Waals surface area contributed by atoms with Crippen LogP contribution in [-0.2, 0) is 11.3 Å². The number of benzene rings is 3. The maximum atomic E-state index is 12.8. The molecular weight excluding hydrogens is 326 g/mol.